The molecule has 4 nitrogen and oxygen atoms in total. The van der Waals surface area contributed by atoms with Gasteiger partial charge in [-0.25, -0.2) is 4.79 Å². The fraction of sp³-hybridized carbons (Fsp3) is 0.184. The molecule has 0 saturated heterocycles. The van der Waals surface area contributed by atoms with Crippen LogP contribution in [0.15, 0.2) is 109 Å². The van der Waals surface area contributed by atoms with E-state index >= 15 is 0 Å². The van der Waals surface area contributed by atoms with Crippen molar-refractivity contribution in [2.75, 3.05) is 11.4 Å². The van der Waals surface area contributed by atoms with Crippen LogP contribution in [0.4, 0.5) is 11.4 Å². The molecule has 0 amide bonds. The predicted molar refractivity (Wildman–Crippen MR) is 167 cm³/mol. The van der Waals surface area contributed by atoms with Crippen LogP contribution < -0.4 is 9.64 Å². The normalized spacial score (nSPS) is 16.3. The Kier molecular flexibility index (Phi) is 6.35. The Balaban J connectivity index is 1.37. The maximum Gasteiger partial charge on any atom is 0.340 e. The van der Waals surface area contributed by atoms with Gasteiger partial charge in [0.2, 0.25) is 0 Å². The van der Waals surface area contributed by atoms with Gasteiger partial charge in [-0.05, 0) is 92.8 Å². The topological polar surface area (TPSA) is 38.8 Å². The molecule has 0 aliphatic carbocycles. The molecule has 0 bridgehead atoms. The summed E-state index contributed by atoms with van der Waals surface area (Å²) in [5.74, 6) is 1.12. The molecule has 0 radical (unpaired) electrons. The number of hydrogen-bond acceptors (Lipinski definition) is 4. The largest absolute Gasteiger partial charge is 0.456 e. The van der Waals surface area contributed by atoms with Gasteiger partial charge in [0.25, 0.3) is 0 Å². The molecule has 42 heavy (non-hydrogen) atoms. The van der Waals surface area contributed by atoms with Crippen molar-refractivity contribution in [3.05, 3.63) is 154 Å². The summed E-state index contributed by atoms with van der Waals surface area (Å²) < 4.78 is 13.1. The van der Waals surface area contributed by atoms with Gasteiger partial charge in [0.1, 0.15) is 11.5 Å². The van der Waals surface area contributed by atoms with Crippen LogP contribution >= 0.6 is 0 Å². The first kappa shape index (κ1) is 26.1. The fourth-order valence-corrected chi connectivity index (χ4v) is 6.45. The van der Waals surface area contributed by atoms with Crippen LogP contribution in [0.1, 0.15) is 56.2 Å². The van der Waals surface area contributed by atoms with Crippen LogP contribution in [0.25, 0.3) is 0 Å². The van der Waals surface area contributed by atoms with Crippen LogP contribution in [-0.2, 0) is 23.2 Å². The Hall–Kier alpha value is -4.83. The second-order valence-corrected chi connectivity index (χ2v) is 11.2. The van der Waals surface area contributed by atoms with Gasteiger partial charge < -0.3 is 14.4 Å². The van der Waals surface area contributed by atoms with E-state index in [1.807, 2.05) is 30.3 Å². The SMILES string of the molecule is CCN(c1ccc(C)cc1)c1ccc2c(c1)Oc1cc(C)c(CCc3ccccc3)cc1C21OC(=O)c2ccccc21. The van der Waals surface area contributed by atoms with E-state index in [9.17, 15) is 4.79 Å². The number of benzene rings is 5. The van der Waals surface area contributed by atoms with Crippen molar-refractivity contribution in [3.8, 4) is 11.5 Å². The minimum absolute atomic E-state index is 0.310. The third-order valence-corrected chi connectivity index (χ3v) is 8.65. The van der Waals surface area contributed by atoms with Crippen LogP contribution in [0.5, 0.6) is 11.5 Å². The lowest BCUT2D eigenvalue weighted by Crippen LogP contribution is -2.33. The minimum atomic E-state index is -1.08. The van der Waals surface area contributed by atoms with Gasteiger partial charge in [-0.1, -0.05) is 66.2 Å². The van der Waals surface area contributed by atoms with Crippen molar-refractivity contribution in [1.29, 1.82) is 0 Å². The molecule has 2 aliphatic heterocycles. The minimum Gasteiger partial charge on any atom is -0.456 e. The second kappa shape index (κ2) is 10.2. The molecule has 208 valence electrons. The zero-order chi connectivity index (χ0) is 28.8. The number of rotatable bonds is 6. The highest BCUT2D eigenvalue weighted by molar-refractivity contribution is 5.97. The monoisotopic (exact) mass is 551 g/mol. The Morgan fingerprint density at radius 1 is 0.690 bits per heavy atom. The summed E-state index contributed by atoms with van der Waals surface area (Å²) in [5.41, 5.74) is 9.13. The molecule has 2 aliphatic rings. The molecule has 0 fully saturated rings. The molecule has 7 rings (SSSR count). The number of hydrogen-bond donors (Lipinski definition) is 0. The first-order valence-electron chi connectivity index (χ1n) is 14.7. The Labute approximate surface area is 247 Å². The van der Waals surface area contributed by atoms with Gasteiger partial charge in [-0.15, -0.1) is 0 Å². The maximum absolute atomic E-state index is 13.4. The molecule has 5 aromatic carbocycles. The van der Waals surface area contributed by atoms with E-state index in [4.69, 9.17) is 9.47 Å². The van der Waals surface area contributed by atoms with E-state index in [2.05, 4.69) is 105 Å². The fourth-order valence-electron chi connectivity index (χ4n) is 6.45. The third-order valence-electron chi connectivity index (χ3n) is 8.65. The zero-order valence-electron chi connectivity index (χ0n) is 24.2. The molecular weight excluding hydrogens is 518 g/mol. The summed E-state index contributed by atoms with van der Waals surface area (Å²) in [6.07, 6.45) is 1.80. The number of nitrogens with zero attached hydrogens (tertiary/aromatic N) is 1. The summed E-state index contributed by atoms with van der Waals surface area (Å²) in [6, 6.07) is 37.4. The highest BCUT2D eigenvalue weighted by Crippen LogP contribution is 2.57. The van der Waals surface area contributed by atoms with Crippen molar-refractivity contribution in [2.24, 2.45) is 0 Å². The Morgan fingerprint density at radius 2 is 1.40 bits per heavy atom. The van der Waals surface area contributed by atoms with Gasteiger partial charge in [-0.2, -0.15) is 0 Å². The van der Waals surface area contributed by atoms with Crippen LogP contribution in [0.2, 0.25) is 0 Å². The molecule has 1 atom stereocenters. The van der Waals surface area contributed by atoms with Crippen molar-refractivity contribution in [2.45, 2.75) is 39.2 Å². The first-order valence-corrected chi connectivity index (χ1v) is 14.7. The van der Waals surface area contributed by atoms with E-state index in [0.29, 0.717) is 11.3 Å². The van der Waals surface area contributed by atoms with E-state index < -0.39 is 5.60 Å². The number of esters is 1. The smallest absolute Gasteiger partial charge is 0.340 e. The molecule has 2 heterocycles. The van der Waals surface area contributed by atoms with Crippen molar-refractivity contribution >= 4 is 17.3 Å². The van der Waals surface area contributed by atoms with Gasteiger partial charge in [-0.3, -0.25) is 0 Å². The number of carbonyl (C=O) groups is 1. The first-order chi connectivity index (χ1) is 20.5. The lowest BCUT2D eigenvalue weighted by Gasteiger charge is -2.38. The van der Waals surface area contributed by atoms with Gasteiger partial charge >= 0.3 is 5.97 Å². The summed E-state index contributed by atoms with van der Waals surface area (Å²) in [5, 5.41) is 0. The molecular formula is C38H33NO3. The van der Waals surface area contributed by atoms with Crippen molar-refractivity contribution < 1.29 is 14.3 Å². The molecule has 0 aromatic heterocycles. The average Bonchev–Trinajstić information content (AvgIpc) is 3.30. The highest BCUT2D eigenvalue weighted by atomic mass is 16.6. The molecule has 5 aromatic rings. The highest BCUT2D eigenvalue weighted by Gasteiger charge is 2.53. The maximum atomic E-state index is 13.4. The lowest BCUT2D eigenvalue weighted by molar-refractivity contribution is 0.0224. The number of ether oxygens (including phenoxy) is 2. The van der Waals surface area contributed by atoms with Crippen LogP contribution in [0, 0.1) is 13.8 Å². The third kappa shape index (κ3) is 4.18. The van der Waals surface area contributed by atoms with Crippen LogP contribution in [-0.4, -0.2) is 12.5 Å². The Morgan fingerprint density at radius 3 is 2.19 bits per heavy atom. The number of anilines is 2. The second-order valence-electron chi connectivity index (χ2n) is 11.2. The van der Waals surface area contributed by atoms with Gasteiger partial charge in [0, 0.05) is 40.7 Å². The number of fused-ring (bicyclic) bond motifs is 6. The van der Waals surface area contributed by atoms with Crippen molar-refractivity contribution in [3.63, 3.8) is 0 Å². The number of aryl methyl sites for hydroxylation is 4. The van der Waals surface area contributed by atoms with Gasteiger partial charge in [0.15, 0.2) is 5.60 Å². The average molecular weight is 552 g/mol. The van der Waals surface area contributed by atoms with Crippen LogP contribution in [0.3, 0.4) is 0 Å². The zero-order valence-corrected chi connectivity index (χ0v) is 24.2. The van der Waals surface area contributed by atoms with E-state index in [0.717, 1.165) is 58.8 Å². The lowest BCUT2D eigenvalue weighted by atomic mass is 9.76. The summed E-state index contributed by atoms with van der Waals surface area (Å²) in [7, 11) is 0. The van der Waals surface area contributed by atoms with E-state index in [-0.39, 0.29) is 5.97 Å². The molecule has 1 spiro atoms. The van der Waals surface area contributed by atoms with Crippen molar-refractivity contribution in [1.82, 2.24) is 0 Å². The standard InChI is InChI=1S/C38H33NO3/c1-4-39(29-18-14-25(2)15-19-29)30-20-21-33-36(24-30)41-35-22-26(3)28(17-16-27-10-6-5-7-11-27)23-34(35)38(33)32-13-9-8-12-31(32)37(40)42-38/h5-15,18-24H,4,16-17H2,1-3H3. The summed E-state index contributed by atoms with van der Waals surface area (Å²) in [4.78, 5) is 15.6. The predicted octanol–water partition coefficient (Wildman–Crippen LogP) is 8.81. The quantitative estimate of drug-likeness (QED) is 0.198. The number of carbonyl (C=O) groups excluding carboxylic acids is 1. The summed E-state index contributed by atoms with van der Waals surface area (Å²) >= 11 is 0. The molecule has 0 saturated carbocycles. The summed E-state index contributed by atoms with van der Waals surface area (Å²) in [6.45, 7) is 7.17. The molecule has 1 unspecified atom stereocenters. The molecule has 0 N–H and O–H groups in total. The van der Waals surface area contributed by atoms with E-state index in [1.165, 1.54) is 16.7 Å². The van der Waals surface area contributed by atoms with Gasteiger partial charge in [0.05, 0.1) is 5.56 Å². The van der Waals surface area contributed by atoms with E-state index in [1.54, 1.807) is 0 Å². The Bertz CT molecular complexity index is 1810. The molecule has 4 heteroatoms.